The van der Waals surface area contributed by atoms with Crippen LogP contribution in [0.2, 0.25) is 0 Å². The second-order valence-corrected chi connectivity index (χ2v) is 4.36. The number of amides is 2. The Balaban J connectivity index is 2.15. The van der Waals surface area contributed by atoms with Crippen molar-refractivity contribution < 1.29 is 14.7 Å². The van der Waals surface area contributed by atoms with Gasteiger partial charge >= 0.3 is 12.0 Å². The fourth-order valence-electron chi connectivity index (χ4n) is 1.50. The van der Waals surface area contributed by atoms with E-state index in [-0.39, 0.29) is 6.03 Å². The first kappa shape index (κ1) is 15.0. The van der Waals surface area contributed by atoms with Gasteiger partial charge in [0.2, 0.25) is 0 Å². The Bertz CT molecular complexity index is 405. The molecule has 19 heavy (non-hydrogen) atoms. The molecule has 0 saturated heterocycles. The zero-order valence-electron chi connectivity index (χ0n) is 11.2. The molecule has 7 nitrogen and oxygen atoms in total. The summed E-state index contributed by atoms with van der Waals surface area (Å²) in [5.74, 6) is -1.02. The van der Waals surface area contributed by atoms with E-state index < -0.39 is 12.0 Å². The molecule has 1 aromatic rings. The third-order valence-corrected chi connectivity index (χ3v) is 2.94. The fourth-order valence-corrected chi connectivity index (χ4v) is 1.50. The summed E-state index contributed by atoms with van der Waals surface area (Å²) in [7, 11) is 1.47. The van der Waals surface area contributed by atoms with E-state index in [0.29, 0.717) is 6.54 Å². The summed E-state index contributed by atoms with van der Waals surface area (Å²) in [6.07, 6.45) is 7.12. The summed E-state index contributed by atoms with van der Waals surface area (Å²) in [6.45, 7) is 2.86. The molecule has 1 aromatic heterocycles. The van der Waals surface area contributed by atoms with Gasteiger partial charge in [-0.2, -0.15) is 0 Å². The number of likely N-dealkylation sites (N-methyl/N-ethyl adjacent to an activating group) is 1. The quantitative estimate of drug-likeness (QED) is 0.715. The van der Waals surface area contributed by atoms with Crippen LogP contribution < -0.4 is 5.32 Å². The first-order valence-corrected chi connectivity index (χ1v) is 6.21. The number of carbonyl (C=O) groups excluding carboxylic acids is 1. The summed E-state index contributed by atoms with van der Waals surface area (Å²) in [5.41, 5.74) is 0. The Labute approximate surface area is 112 Å². The van der Waals surface area contributed by atoms with Crippen LogP contribution >= 0.6 is 0 Å². The van der Waals surface area contributed by atoms with Crippen molar-refractivity contribution in [1.29, 1.82) is 0 Å². The molecule has 0 radical (unpaired) electrons. The SMILES string of the molecule is CC(C(=O)O)N(C)C(=O)NCCCCn1ccnc1. The normalized spacial score (nSPS) is 11.9. The molecular weight excluding hydrogens is 248 g/mol. The number of aryl methyl sites for hydroxylation is 1. The number of carboxylic acid groups (broad SMARTS) is 1. The molecule has 0 spiro atoms. The van der Waals surface area contributed by atoms with Gasteiger partial charge in [-0.25, -0.2) is 14.6 Å². The Morgan fingerprint density at radius 3 is 2.79 bits per heavy atom. The highest BCUT2D eigenvalue weighted by atomic mass is 16.4. The Morgan fingerprint density at radius 1 is 1.47 bits per heavy atom. The molecular formula is C12H20N4O3. The summed E-state index contributed by atoms with van der Waals surface area (Å²) >= 11 is 0. The van der Waals surface area contributed by atoms with Crippen LogP contribution in [-0.2, 0) is 11.3 Å². The van der Waals surface area contributed by atoms with Gasteiger partial charge in [-0.3, -0.25) is 0 Å². The number of hydrogen-bond acceptors (Lipinski definition) is 3. The van der Waals surface area contributed by atoms with Crippen LogP contribution in [-0.4, -0.2) is 51.2 Å². The van der Waals surface area contributed by atoms with Crippen molar-refractivity contribution in [3.8, 4) is 0 Å². The first-order chi connectivity index (χ1) is 9.02. The zero-order valence-corrected chi connectivity index (χ0v) is 11.2. The largest absolute Gasteiger partial charge is 0.480 e. The van der Waals surface area contributed by atoms with E-state index in [9.17, 15) is 9.59 Å². The van der Waals surface area contributed by atoms with Gasteiger partial charge in [-0.15, -0.1) is 0 Å². The molecule has 2 amide bonds. The first-order valence-electron chi connectivity index (χ1n) is 6.21. The van der Waals surface area contributed by atoms with Gasteiger partial charge in [-0.1, -0.05) is 0 Å². The summed E-state index contributed by atoms with van der Waals surface area (Å²) in [4.78, 5) is 27.5. The molecule has 7 heteroatoms. The molecule has 1 rings (SSSR count). The highest BCUT2D eigenvalue weighted by Gasteiger charge is 2.20. The predicted octanol–water partition coefficient (Wildman–Crippen LogP) is 0.778. The maximum atomic E-state index is 11.6. The molecule has 0 bridgehead atoms. The molecule has 0 aliphatic carbocycles. The number of carbonyl (C=O) groups is 2. The van der Waals surface area contributed by atoms with Gasteiger partial charge in [0.1, 0.15) is 6.04 Å². The molecule has 0 aromatic carbocycles. The van der Waals surface area contributed by atoms with Gasteiger partial charge in [0.05, 0.1) is 6.33 Å². The maximum Gasteiger partial charge on any atom is 0.326 e. The number of hydrogen-bond donors (Lipinski definition) is 2. The van der Waals surface area contributed by atoms with Crippen LogP contribution in [0.3, 0.4) is 0 Å². The van der Waals surface area contributed by atoms with Crippen LogP contribution in [0.25, 0.3) is 0 Å². The zero-order chi connectivity index (χ0) is 14.3. The van der Waals surface area contributed by atoms with Crippen molar-refractivity contribution in [3.63, 3.8) is 0 Å². The molecule has 0 aliphatic heterocycles. The monoisotopic (exact) mass is 268 g/mol. The lowest BCUT2D eigenvalue weighted by Crippen LogP contribution is -2.45. The van der Waals surface area contributed by atoms with E-state index >= 15 is 0 Å². The number of aliphatic carboxylic acids is 1. The highest BCUT2D eigenvalue weighted by molar-refractivity contribution is 5.82. The average molecular weight is 268 g/mol. The van der Waals surface area contributed by atoms with Crippen LogP contribution in [0.4, 0.5) is 4.79 Å². The van der Waals surface area contributed by atoms with Crippen LogP contribution in [0.5, 0.6) is 0 Å². The Morgan fingerprint density at radius 2 is 2.21 bits per heavy atom. The van der Waals surface area contributed by atoms with Gasteiger partial charge in [-0.05, 0) is 19.8 Å². The van der Waals surface area contributed by atoms with Crippen molar-refractivity contribution in [3.05, 3.63) is 18.7 Å². The van der Waals surface area contributed by atoms with Crippen molar-refractivity contribution in [1.82, 2.24) is 19.8 Å². The van der Waals surface area contributed by atoms with Gasteiger partial charge < -0.3 is 19.9 Å². The lowest BCUT2D eigenvalue weighted by atomic mass is 10.3. The molecule has 2 N–H and O–H groups in total. The maximum absolute atomic E-state index is 11.6. The topological polar surface area (TPSA) is 87.5 Å². The molecule has 1 heterocycles. The number of nitrogens with zero attached hydrogens (tertiary/aromatic N) is 3. The van der Waals surface area contributed by atoms with Crippen LogP contribution in [0.1, 0.15) is 19.8 Å². The van der Waals surface area contributed by atoms with Crippen molar-refractivity contribution in [2.24, 2.45) is 0 Å². The number of urea groups is 1. The van der Waals surface area contributed by atoms with Crippen LogP contribution in [0, 0.1) is 0 Å². The lowest BCUT2D eigenvalue weighted by molar-refractivity contribution is -0.141. The predicted molar refractivity (Wildman–Crippen MR) is 69.7 cm³/mol. The number of rotatable bonds is 7. The molecule has 106 valence electrons. The van der Waals surface area contributed by atoms with E-state index in [0.717, 1.165) is 19.4 Å². The molecule has 0 saturated carbocycles. The summed E-state index contributed by atoms with van der Waals surface area (Å²) in [6, 6.07) is -1.19. The number of carboxylic acids is 1. The minimum atomic E-state index is -1.02. The Kier molecular flexibility index (Phi) is 5.84. The highest BCUT2D eigenvalue weighted by Crippen LogP contribution is 1.97. The third kappa shape index (κ3) is 4.99. The van der Waals surface area contributed by atoms with E-state index in [1.807, 2.05) is 10.8 Å². The fraction of sp³-hybridized carbons (Fsp3) is 0.583. The molecule has 1 unspecified atom stereocenters. The minimum absolute atomic E-state index is 0.363. The third-order valence-electron chi connectivity index (χ3n) is 2.94. The number of unbranched alkanes of at least 4 members (excludes halogenated alkanes) is 1. The molecule has 0 fully saturated rings. The number of nitrogens with one attached hydrogen (secondary N) is 1. The van der Waals surface area contributed by atoms with Crippen LogP contribution in [0.15, 0.2) is 18.7 Å². The standard InChI is InChI=1S/C12H20N4O3/c1-10(11(17)18)15(2)12(19)14-5-3-4-7-16-8-6-13-9-16/h6,8-10H,3-5,7H2,1-2H3,(H,14,19)(H,17,18). The van der Waals surface area contributed by atoms with E-state index in [4.69, 9.17) is 5.11 Å². The van der Waals surface area contributed by atoms with Gasteiger partial charge in [0.15, 0.2) is 0 Å². The van der Waals surface area contributed by atoms with Crippen molar-refractivity contribution in [2.45, 2.75) is 32.4 Å². The lowest BCUT2D eigenvalue weighted by Gasteiger charge is -2.21. The Hall–Kier alpha value is -2.05. The van der Waals surface area contributed by atoms with E-state index in [1.54, 1.807) is 12.5 Å². The molecule has 0 aliphatic rings. The van der Waals surface area contributed by atoms with Crippen molar-refractivity contribution >= 4 is 12.0 Å². The summed E-state index contributed by atoms with van der Waals surface area (Å²) in [5, 5.41) is 11.5. The van der Waals surface area contributed by atoms with Crippen molar-refractivity contribution in [2.75, 3.05) is 13.6 Å². The smallest absolute Gasteiger partial charge is 0.326 e. The van der Waals surface area contributed by atoms with E-state index in [1.165, 1.54) is 18.9 Å². The summed E-state index contributed by atoms with van der Waals surface area (Å²) < 4.78 is 1.97. The second kappa shape index (κ2) is 7.40. The minimum Gasteiger partial charge on any atom is -0.480 e. The van der Waals surface area contributed by atoms with E-state index in [2.05, 4.69) is 10.3 Å². The van der Waals surface area contributed by atoms with Gasteiger partial charge in [0.25, 0.3) is 0 Å². The molecule has 1 atom stereocenters. The number of aromatic nitrogens is 2. The van der Waals surface area contributed by atoms with Gasteiger partial charge in [0, 0.05) is 32.5 Å². The average Bonchev–Trinajstić information content (AvgIpc) is 2.89. The second-order valence-electron chi connectivity index (χ2n) is 4.36. The number of imidazole rings is 1.